The van der Waals surface area contributed by atoms with E-state index in [0.717, 1.165) is 11.1 Å². The second kappa shape index (κ2) is 5.18. The molecule has 2 aromatic rings. The van der Waals surface area contributed by atoms with Gasteiger partial charge >= 0.3 is 0 Å². The van der Waals surface area contributed by atoms with E-state index in [1.807, 2.05) is 12.1 Å². The lowest BCUT2D eigenvalue weighted by molar-refractivity contribution is 0.415. The first-order chi connectivity index (χ1) is 8.61. The normalized spacial score (nSPS) is 10.5. The maximum Gasteiger partial charge on any atom is 0.258 e. The van der Waals surface area contributed by atoms with Crippen LogP contribution < -0.4 is 16.0 Å². The van der Waals surface area contributed by atoms with Crippen molar-refractivity contribution in [1.29, 1.82) is 0 Å². The minimum Gasteiger partial charge on any atom is -0.497 e. The smallest absolute Gasteiger partial charge is 0.258 e. The highest BCUT2D eigenvalue weighted by Crippen LogP contribution is 2.17. The molecule has 1 heterocycles. The van der Waals surface area contributed by atoms with E-state index in [9.17, 15) is 4.79 Å². The van der Waals surface area contributed by atoms with Crippen LogP contribution in [0.5, 0.6) is 5.75 Å². The van der Waals surface area contributed by atoms with Gasteiger partial charge in [-0.05, 0) is 29.7 Å². The first kappa shape index (κ1) is 12.6. The molecule has 2 rings (SSSR count). The third-order valence-electron chi connectivity index (χ3n) is 2.78. The van der Waals surface area contributed by atoms with Crippen molar-refractivity contribution in [3.63, 3.8) is 0 Å². The molecule has 0 radical (unpaired) electrons. The molecule has 0 saturated heterocycles. The molecule has 1 aromatic heterocycles. The average Bonchev–Trinajstić information content (AvgIpc) is 2.37. The molecule has 18 heavy (non-hydrogen) atoms. The summed E-state index contributed by atoms with van der Waals surface area (Å²) in [6.07, 6.45) is 2.28. The van der Waals surface area contributed by atoms with Gasteiger partial charge in [0.1, 0.15) is 5.75 Å². The fourth-order valence-electron chi connectivity index (χ4n) is 1.80. The predicted octanol–water partition coefficient (Wildman–Crippen LogP) is 1.69. The van der Waals surface area contributed by atoms with Crippen molar-refractivity contribution < 1.29 is 4.74 Å². The van der Waals surface area contributed by atoms with Crippen LogP contribution in [0, 0.1) is 0 Å². The van der Waals surface area contributed by atoms with Crippen LogP contribution in [0.2, 0.25) is 0 Å². The Morgan fingerprint density at radius 3 is 2.89 bits per heavy atom. The first-order valence-electron chi connectivity index (χ1n) is 5.57. The molecule has 0 amide bonds. The molecule has 0 aliphatic carbocycles. The number of methoxy groups -OCH3 is 1. The van der Waals surface area contributed by atoms with Crippen LogP contribution in [0.1, 0.15) is 6.42 Å². The van der Waals surface area contributed by atoms with Gasteiger partial charge < -0.3 is 15.0 Å². The molecule has 5 heteroatoms. The lowest BCUT2D eigenvalue weighted by atomic mass is 10.1. The minimum absolute atomic E-state index is 0.0357. The Balaban J connectivity index is 2.44. The van der Waals surface area contributed by atoms with Gasteiger partial charge in [-0.25, -0.2) is 0 Å². The van der Waals surface area contributed by atoms with Gasteiger partial charge in [0.25, 0.3) is 5.56 Å². The number of aromatic nitrogens is 1. The van der Waals surface area contributed by atoms with E-state index in [1.165, 1.54) is 0 Å². The number of benzene rings is 1. The number of nitrogens with two attached hydrogens (primary N) is 1. The van der Waals surface area contributed by atoms with E-state index < -0.39 is 0 Å². The van der Waals surface area contributed by atoms with Crippen molar-refractivity contribution in [3.8, 4) is 5.75 Å². The number of thiocarbonyl (C=S) groups is 1. The third-order valence-corrected chi connectivity index (χ3v) is 2.99. The maximum atomic E-state index is 12.2. The molecule has 0 bridgehead atoms. The molecule has 0 saturated carbocycles. The number of nitrogens with zero attached hydrogens (tertiary/aromatic N) is 1. The molecule has 0 aliphatic rings. The topological polar surface area (TPSA) is 57.2 Å². The molecule has 0 atom stereocenters. The second-order valence-corrected chi connectivity index (χ2v) is 4.51. The Labute approximate surface area is 110 Å². The summed E-state index contributed by atoms with van der Waals surface area (Å²) < 4.78 is 6.75. The van der Waals surface area contributed by atoms with Gasteiger partial charge in [0.15, 0.2) is 0 Å². The van der Waals surface area contributed by atoms with Crippen molar-refractivity contribution in [1.82, 2.24) is 4.57 Å². The maximum absolute atomic E-state index is 12.2. The van der Waals surface area contributed by atoms with E-state index in [4.69, 9.17) is 22.7 Å². The van der Waals surface area contributed by atoms with Crippen molar-refractivity contribution >= 4 is 28.0 Å². The number of pyridine rings is 1. The number of hydrogen-bond donors (Lipinski definition) is 1. The fraction of sp³-hybridized carbons (Fsp3) is 0.231. The van der Waals surface area contributed by atoms with Crippen LogP contribution in [0.4, 0.5) is 0 Å². The van der Waals surface area contributed by atoms with E-state index in [0.29, 0.717) is 23.3 Å². The van der Waals surface area contributed by atoms with E-state index in [2.05, 4.69) is 0 Å². The number of fused-ring (bicyclic) bond motifs is 1. The third kappa shape index (κ3) is 2.51. The Kier molecular flexibility index (Phi) is 3.62. The van der Waals surface area contributed by atoms with Gasteiger partial charge in [-0.15, -0.1) is 0 Å². The van der Waals surface area contributed by atoms with Gasteiger partial charge in [-0.2, -0.15) is 0 Å². The largest absolute Gasteiger partial charge is 0.497 e. The standard InChI is InChI=1S/C13H14N2O2S/c1-17-10-2-3-11-9(8-10)4-6-15(13(11)16)7-5-12(14)18/h2-4,6,8H,5,7H2,1H3,(H2,14,18). The summed E-state index contributed by atoms with van der Waals surface area (Å²) in [6, 6.07) is 7.28. The van der Waals surface area contributed by atoms with Crippen LogP contribution in [0.25, 0.3) is 10.8 Å². The zero-order chi connectivity index (χ0) is 13.1. The minimum atomic E-state index is -0.0357. The van der Waals surface area contributed by atoms with Gasteiger partial charge in [0.2, 0.25) is 0 Å². The molecule has 1 aromatic carbocycles. The van der Waals surface area contributed by atoms with E-state index in [-0.39, 0.29) is 5.56 Å². The summed E-state index contributed by atoms with van der Waals surface area (Å²) >= 11 is 4.81. The highest BCUT2D eigenvalue weighted by Gasteiger charge is 2.04. The Hall–Kier alpha value is -1.88. The zero-order valence-corrected chi connectivity index (χ0v) is 10.9. The zero-order valence-electron chi connectivity index (χ0n) is 10.1. The van der Waals surface area contributed by atoms with E-state index >= 15 is 0 Å². The Morgan fingerprint density at radius 1 is 1.44 bits per heavy atom. The highest BCUT2D eigenvalue weighted by molar-refractivity contribution is 7.80. The Bertz CT molecular complexity index is 649. The van der Waals surface area contributed by atoms with Crippen LogP contribution in [0.3, 0.4) is 0 Å². The quantitative estimate of drug-likeness (QED) is 0.852. The van der Waals surface area contributed by atoms with Crippen molar-refractivity contribution in [2.75, 3.05) is 7.11 Å². The molecule has 4 nitrogen and oxygen atoms in total. The number of rotatable bonds is 4. The van der Waals surface area contributed by atoms with Crippen LogP contribution in [0.15, 0.2) is 35.3 Å². The van der Waals surface area contributed by atoms with Gasteiger partial charge in [-0.1, -0.05) is 12.2 Å². The van der Waals surface area contributed by atoms with Crippen LogP contribution >= 0.6 is 12.2 Å². The van der Waals surface area contributed by atoms with Gasteiger partial charge in [-0.3, -0.25) is 4.79 Å². The summed E-state index contributed by atoms with van der Waals surface area (Å²) in [5, 5.41) is 1.53. The summed E-state index contributed by atoms with van der Waals surface area (Å²) in [6.45, 7) is 0.510. The molecule has 0 aliphatic heterocycles. The van der Waals surface area contributed by atoms with Crippen molar-refractivity contribution in [2.24, 2.45) is 5.73 Å². The molecule has 2 N–H and O–H groups in total. The fourth-order valence-corrected chi connectivity index (χ4v) is 1.89. The number of hydrogen-bond acceptors (Lipinski definition) is 3. The SMILES string of the molecule is COc1ccc2c(=O)n(CCC(N)=S)ccc2c1. The van der Waals surface area contributed by atoms with Gasteiger partial charge in [0, 0.05) is 24.5 Å². The van der Waals surface area contributed by atoms with Crippen molar-refractivity contribution in [2.45, 2.75) is 13.0 Å². The van der Waals surface area contributed by atoms with Gasteiger partial charge in [0.05, 0.1) is 12.1 Å². The summed E-state index contributed by atoms with van der Waals surface area (Å²) in [5.41, 5.74) is 5.40. The van der Waals surface area contributed by atoms with Crippen LogP contribution in [-0.2, 0) is 6.54 Å². The summed E-state index contributed by atoms with van der Waals surface area (Å²) in [4.78, 5) is 12.6. The number of ether oxygens (including phenoxy) is 1. The molecular weight excluding hydrogens is 248 g/mol. The lowest BCUT2D eigenvalue weighted by Crippen LogP contribution is -2.22. The average molecular weight is 262 g/mol. The second-order valence-electron chi connectivity index (χ2n) is 3.98. The molecule has 0 fully saturated rings. The predicted molar refractivity (Wildman–Crippen MR) is 76.2 cm³/mol. The molecule has 0 spiro atoms. The molecular formula is C13H14N2O2S. The number of aryl methyl sites for hydroxylation is 1. The Morgan fingerprint density at radius 2 is 2.22 bits per heavy atom. The van der Waals surface area contributed by atoms with Crippen molar-refractivity contribution in [3.05, 3.63) is 40.8 Å². The summed E-state index contributed by atoms with van der Waals surface area (Å²) in [7, 11) is 1.60. The lowest BCUT2D eigenvalue weighted by Gasteiger charge is -2.07. The van der Waals surface area contributed by atoms with E-state index in [1.54, 1.807) is 30.0 Å². The molecule has 0 unspecified atom stereocenters. The highest BCUT2D eigenvalue weighted by atomic mass is 32.1. The van der Waals surface area contributed by atoms with Crippen LogP contribution in [-0.4, -0.2) is 16.7 Å². The monoisotopic (exact) mass is 262 g/mol. The molecule has 94 valence electrons. The first-order valence-corrected chi connectivity index (χ1v) is 5.98. The summed E-state index contributed by atoms with van der Waals surface area (Å²) in [5.74, 6) is 0.739.